The predicted molar refractivity (Wildman–Crippen MR) is 95.6 cm³/mol. The minimum atomic E-state index is -2.95. The Morgan fingerprint density at radius 2 is 2.00 bits per heavy atom. The van der Waals surface area contributed by atoms with Gasteiger partial charge in [-0.2, -0.15) is 14.0 Å². The number of nitrogens with zero attached hydrogens (tertiary/aromatic N) is 3. The van der Waals surface area contributed by atoms with Gasteiger partial charge < -0.3 is 15.0 Å². The van der Waals surface area contributed by atoms with Crippen molar-refractivity contribution < 1.29 is 18.3 Å². The summed E-state index contributed by atoms with van der Waals surface area (Å²) in [6.45, 7) is -1.66. The van der Waals surface area contributed by atoms with Crippen molar-refractivity contribution in [3.63, 3.8) is 0 Å². The van der Waals surface area contributed by atoms with Crippen molar-refractivity contribution >= 4 is 17.4 Å². The number of alkyl halides is 2. The van der Waals surface area contributed by atoms with E-state index < -0.39 is 6.61 Å². The van der Waals surface area contributed by atoms with Crippen molar-refractivity contribution in [3.05, 3.63) is 48.2 Å². The summed E-state index contributed by atoms with van der Waals surface area (Å²) in [6.07, 6.45) is 2.75. The summed E-state index contributed by atoms with van der Waals surface area (Å²) >= 11 is 0. The van der Waals surface area contributed by atoms with Gasteiger partial charge in [-0.15, -0.1) is 0 Å². The van der Waals surface area contributed by atoms with Crippen LogP contribution < -0.4 is 15.0 Å². The molecule has 1 aliphatic heterocycles. The van der Waals surface area contributed by atoms with E-state index in [4.69, 9.17) is 5.26 Å². The molecule has 1 amide bonds. The molecule has 140 valence electrons. The highest BCUT2D eigenvalue weighted by Crippen LogP contribution is 2.28. The maximum Gasteiger partial charge on any atom is 0.387 e. The lowest BCUT2D eigenvalue weighted by molar-refractivity contribution is -0.120. The van der Waals surface area contributed by atoms with Gasteiger partial charge in [-0.05, 0) is 37.1 Å². The number of benzene rings is 1. The van der Waals surface area contributed by atoms with E-state index >= 15 is 0 Å². The Bertz CT molecular complexity index is 828. The number of pyridine rings is 1. The first kappa shape index (κ1) is 18.6. The van der Waals surface area contributed by atoms with Gasteiger partial charge in [-0.1, -0.05) is 12.1 Å². The van der Waals surface area contributed by atoms with Crippen LogP contribution in [0.2, 0.25) is 0 Å². The molecule has 1 saturated heterocycles. The van der Waals surface area contributed by atoms with E-state index in [0.29, 0.717) is 31.5 Å². The molecule has 8 heteroatoms. The maximum atomic E-state index is 12.5. The summed E-state index contributed by atoms with van der Waals surface area (Å²) in [5.74, 6) is 0.274. The van der Waals surface area contributed by atoms with E-state index in [-0.39, 0.29) is 23.3 Å². The van der Waals surface area contributed by atoms with Gasteiger partial charge in [0, 0.05) is 25.2 Å². The molecule has 27 heavy (non-hydrogen) atoms. The van der Waals surface area contributed by atoms with Crippen LogP contribution in [0.3, 0.4) is 0 Å². The normalized spacial score (nSPS) is 14.7. The third-order valence-electron chi connectivity index (χ3n) is 4.43. The first-order valence-electron chi connectivity index (χ1n) is 8.52. The van der Waals surface area contributed by atoms with E-state index in [2.05, 4.69) is 19.9 Å². The summed E-state index contributed by atoms with van der Waals surface area (Å²) in [5, 5.41) is 11.5. The summed E-state index contributed by atoms with van der Waals surface area (Å²) in [7, 11) is 0. The van der Waals surface area contributed by atoms with E-state index in [1.165, 1.54) is 18.3 Å². The number of halogens is 2. The molecule has 2 aromatic rings. The number of ether oxygens (including phenoxy) is 1. The second kappa shape index (κ2) is 8.45. The van der Waals surface area contributed by atoms with E-state index in [9.17, 15) is 13.6 Å². The van der Waals surface area contributed by atoms with Crippen LogP contribution in [-0.4, -0.2) is 30.6 Å². The van der Waals surface area contributed by atoms with E-state index in [0.717, 1.165) is 5.82 Å². The highest BCUT2D eigenvalue weighted by molar-refractivity contribution is 5.94. The molecule has 1 N–H and O–H groups in total. The SMILES string of the molecule is N#Cc1ccc(N2CCC(C(=O)Nc3ccccc3OC(F)F)CC2)nc1. The third kappa shape index (κ3) is 4.70. The maximum absolute atomic E-state index is 12.5. The highest BCUT2D eigenvalue weighted by Gasteiger charge is 2.26. The van der Waals surface area contributed by atoms with Gasteiger partial charge in [-0.25, -0.2) is 4.98 Å². The predicted octanol–water partition coefficient (Wildman–Crippen LogP) is 3.41. The number of piperidine rings is 1. The van der Waals surface area contributed by atoms with Gasteiger partial charge >= 0.3 is 6.61 Å². The van der Waals surface area contributed by atoms with Crippen LogP contribution in [0.4, 0.5) is 20.3 Å². The quantitative estimate of drug-likeness (QED) is 0.870. The zero-order chi connectivity index (χ0) is 19.2. The molecular formula is C19H18F2N4O2. The number of rotatable bonds is 5. The van der Waals surface area contributed by atoms with Crippen molar-refractivity contribution in [2.75, 3.05) is 23.3 Å². The Morgan fingerprint density at radius 3 is 2.63 bits per heavy atom. The molecule has 6 nitrogen and oxygen atoms in total. The molecule has 1 aromatic heterocycles. The van der Waals surface area contributed by atoms with Gasteiger partial charge in [-0.3, -0.25) is 4.79 Å². The lowest BCUT2D eigenvalue weighted by Gasteiger charge is -2.32. The number of carbonyl (C=O) groups is 1. The Morgan fingerprint density at radius 1 is 1.26 bits per heavy atom. The third-order valence-corrected chi connectivity index (χ3v) is 4.43. The van der Waals surface area contributed by atoms with Crippen LogP contribution in [0.5, 0.6) is 5.75 Å². The lowest BCUT2D eigenvalue weighted by Crippen LogP contribution is -2.38. The van der Waals surface area contributed by atoms with Gasteiger partial charge in [0.15, 0.2) is 0 Å². The van der Waals surface area contributed by atoms with Crippen molar-refractivity contribution in [1.82, 2.24) is 4.98 Å². The molecule has 2 heterocycles. The van der Waals surface area contributed by atoms with Gasteiger partial charge in [0.2, 0.25) is 5.91 Å². The molecule has 0 radical (unpaired) electrons. The molecule has 1 aromatic carbocycles. The summed E-state index contributed by atoms with van der Waals surface area (Å²) in [5.41, 5.74) is 0.733. The molecule has 0 bridgehead atoms. The fourth-order valence-corrected chi connectivity index (χ4v) is 3.01. The van der Waals surface area contributed by atoms with Crippen molar-refractivity contribution in [1.29, 1.82) is 5.26 Å². The highest BCUT2D eigenvalue weighted by atomic mass is 19.3. The van der Waals surface area contributed by atoms with Gasteiger partial charge in [0.25, 0.3) is 0 Å². The number of hydrogen-bond donors (Lipinski definition) is 1. The molecule has 1 fully saturated rings. The fourth-order valence-electron chi connectivity index (χ4n) is 3.01. The Balaban J connectivity index is 1.58. The van der Waals surface area contributed by atoms with Crippen LogP contribution >= 0.6 is 0 Å². The first-order chi connectivity index (χ1) is 13.1. The number of aromatic nitrogens is 1. The van der Waals surface area contributed by atoms with Crippen LogP contribution in [0, 0.1) is 17.2 Å². The van der Waals surface area contributed by atoms with Crippen molar-refractivity contribution in [2.24, 2.45) is 5.92 Å². The second-order valence-electron chi connectivity index (χ2n) is 6.14. The first-order valence-corrected chi connectivity index (χ1v) is 8.52. The van der Waals surface area contributed by atoms with Crippen LogP contribution in [0.15, 0.2) is 42.6 Å². The summed E-state index contributed by atoms with van der Waals surface area (Å²) in [6, 6.07) is 11.7. The van der Waals surface area contributed by atoms with E-state index in [1.807, 2.05) is 6.07 Å². The van der Waals surface area contributed by atoms with Gasteiger partial charge in [0.1, 0.15) is 17.6 Å². The molecule has 0 atom stereocenters. The molecule has 0 saturated carbocycles. The van der Waals surface area contributed by atoms with Crippen LogP contribution in [-0.2, 0) is 4.79 Å². The van der Waals surface area contributed by atoms with Crippen LogP contribution in [0.25, 0.3) is 0 Å². The average molecular weight is 372 g/mol. The Labute approximate surface area is 155 Å². The zero-order valence-electron chi connectivity index (χ0n) is 14.4. The largest absolute Gasteiger partial charge is 0.433 e. The molecule has 0 unspecified atom stereocenters. The lowest BCUT2D eigenvalue weighted by atomic mass is 9.95. The minimum Gasteiger partial charge on any atom is -0.433 e. The number of nitrogens with one attached hydrogen (secondary N) is 1. The number of anilines is 2. The van der Waals surface area contributed by atoms with E-state index in [1.54, 1.807) is 24.3 Å². The molecular weight excluding hydrogens is 354 g/mol. The topological polar surface area (TPSA) is 78.2 Å². The minimum absolute atomic E-state index is 0.0555. The molecule has 0 spiro atoms. The second-order valence-corrected chi connectivity index (χ2v) is 6.14. The zero-order valence-corrected chi connectivity index (χ0v) is 14.4. The molecule has 3 rings (SSSR count). The monoisotopic (exact) mass is 372 g/mol. The van der Waals surface area contributed by atoms with Crippen molar-refractivity contribution in [2.45, 2.75) is 19.5 Å². The number of nitriles is 1. The standard InChI is InChI=1S/C19H18F2N4O2/c20-19(21)27-16-4-2-1-3-15(16)24-18(26)14-7-9-25(10-8-14)17-6-5-13(11-22)12-23-17/h1-6,12,14,19H,7-10H2,(H,24,26). The molecule has 0 aliphatic carbocycles. The molecule has 1 aliphatic rings. The van der Waals surface area contributed by atoms with Crippen molar-refractivity contribution in [3.8, 4) is 11.8 Å². The summed E-state index contributed by atoms with van der Waals surface area (Å²) in [4.78, 5) is 18.8. The Hall–Kier alpha value is -3.21. The smallest absolute Gasteiger partial charge is 0.387 e. The fraction of sp³-hybridized carbons (Fsp3) is 0.316. The average Bonchev–Trinajstić information content (AvgIpc) is 2.69. The number of carbonyl (C=O) groups excluding carboxylic acids is 1. The number of hydrogen-bond acceptors (Lipinski definition) is 5. The number of para-hydroxylation sites is 2. The number of amides is 1. The Kier molecular flexibility index (Phi) is 5.81. The van der Waals surface area contributed by atoms with Gasteiger partial charge in [0.05, 0.1) is 11.3 Å². The summed E-state index contributed by atoms with van der Waals surface area (Å²) < 4.78 is 29.4. The van der Waals surface area contributed by atoms with Crippen LogP contribution in [0.1, 0.15) is 18.4 Å².